The second kappa shape index (κ2) is 13.3. The van der Waals surface area contributed by atoms with Crippen molar-refractivity contribution in [3.63, 3.8) is 0 Å². The third kappa shape index (κ3) is 7.88. The second-order valence-electron chi connectivity index (χ2n) is 8.66. The quantitative estimate of drug-likeness (QED) is 0.196. The Labute approximate surface area is 201 Å². The maximum absolute atomic E-state index is 13.5. The van der Waals surface area contributed by atoms with Gasteiger partial charge in [-0.2, -0.15) is 0 Å². The Morgan fingerprint density at radius 3 is 2.18 bits per heavy atom. The summed E-state index contributed by atoms with van der Waals surface area (Å²) in [6.07, 6.45) is 4.35. The van der Waals surface area contributed by atoms with Crippen LogP contribution in [0.5, 0.6) is 0 Å². The van der Waals surface area contributed by atoms with Crippen molar-refractivity contribution in [1.82, 2.24) is 16.0 Å². The Balaban J connectivity index is 1.72. The van der Waals surface area contributed by atoms with Crippen LogP contribution in [0.25, 0.3) is 0 Å². The summed E-state index contributed by atoms with van der Waals surface area (Å²) in [5.74, 6) is -0.905. The molecule has 0 radical (unpaired) electrons. The zero-order chi connectivity index (χ0) is 24.2. The first-order valence-corrected chi connectivity index (χ1v) is 12.0. The average Bonchev–Trinajstić information content (AvgIpc) is 2.86. The van der Waals surface area contributed by atoms with Gasteiger partial charge in [-0.25, -0.2) is 0 Å². The Morgan fingerprint density at radius 2 is 1.62 bits per heavy atom. The summed E-state index contributed by atoms with van der Waals surface area (Å²) in [5.41, 5.74) is 12.6. The zero-order valence-electron chi connectivity index (χ0n) is 19.6. The van der Waals surface area contributed by atoms with Crippen LogP contribution in [0, 0.1) is 0 Å². The zero-order valence-corrected chi connectivity index (χ0v) is 19.6. The van der Waals surface area contributed by atoms with Crippen LogP contribution in [0.15, 0.2) is 65.7 Å². The Morgan fingerprint density at radius 1 is 0.971 bits per heavy atom. The van der Waals surface area contributed by atoms with Crippen LogP contribution in [0.4, 0.5) is 0 Å². The van der Waals surface area contributed by atoms with E-state index in [0.717, 1.165) is 36.9 Å². The molecule has 7 N–H and O–H groups in total. The minimum absolute atomic E-state index is 0.0154. The number of hydrogen-bond donors (Lipinski definition) is 5. The molecular formula is C26H36N6O2. The van der Waals surface area contributed by atoms with Crippen LogP contribution in [0.3, 0.4) is 0 Å². The number of piperidine rings is 1. The highest BCUT2D eigenvalue weighted by molar-refractivity contribution is 5.92. The van der Waals surface area contributed by atoms with E-state index in [0.29, 0.717) is 25.9 Å². The molecule has 2 atom stereocenters. The van der Waals surface area contributed by atoms with Crippen molar-refractivity contribution in [2.45, 2.75) is 50.1 Å². The van der Waals surface area contributed by atoms with Crippen LogP contribution < -0.4 is 27.4 Å². The molecule has 1 fully saturated rings. The van der Waals surface area contributed by atoms with E-state index in [2.05, 4.69) is 20.9 Å². The van der Waals surface area contributed by atoms with Crippen molar-refractivity contribution < 1.29 is 9.59 Å². The second-order valence-corrected chi connectivity index (χ2v) is 8.66. The number of nitrogens with two attached hydrogens (primary N) is 2. The molecule has 0 aromatic heterocycles. The maximum atomic E-state index is 13.5. The van der Waals surface area contributed by atoms with Gasteiger partial charge < -0.3 is 27.4 Å². The summed E-state index contributed by atoms with van der Waals surface area (Å²) in [7, 11) is 0. The van der Waals surface area contributed by atoms with Gasteiger partial charge in [-0.15, -0.1) is 0 Å². The molecule has 0 spiro atoms. The number of aliphatic imine (C=N–C) groups is 1. The lowest BCUT2D eigenvalue weighted by molar-refractivity contribution is -0.129. The van der Waals surface area contributed by atoms with E-state index in [1.807, 2.05) is 60.7 Å². The van der Waals surface area contributed by atoms with Gasteiger partial charge in [0, 0.05) is 19.1 Å². The van der Waals surface area contributed by atoms with Crippen molar-refractivity contribution in [2.24, 2.45) is 16.5 Å². The molecule has 1 aliphatic rings. The molecule has 1 saturated heterocycles. The lowest BCUT2D eigenvalue weighted by Crippen LogP contribution is -2.51. The number of guanidine groups is 1. The van der Waals surface area contributed by atoms with E-state index in [1.165, 1.54) is 0 Å². The Kier molecular flexibility index (Phi) is 9.91. The summed E-state index contributed by atoms with van der Waals surface area (Å²) in [5, 5.41) is 9.46. The number of amides is 2. The monoisotopic (exact) mass is 464 g/mol. The number of benzene rings is 2. The van der Waals surface area contributed by atoms with Crippen molar-refractivity contribution >= 4 is 17.8 Å². The molecule has 1 heterocycles. The number of nitrogens with one attached hydrogen (secondary N) is 3. The number of hydrogen-bond acceptors (Lipinski definition) is 4. The molecule has 8 nitrogen and oxygen atoms in total. The predicted molar refractivity (Wildman–Crippen MR) is 135 cm³/mol. The summed E-state index contributed by atoms with van der Waals surface area (Å²) >= 11 is 0. The van der Waals surface area contributed by atoms with Crippen LogP contribution in [-0.4, -0.2) is 49.5 Å². The predicted octanol–water partition coefficient (Wildman–Crippen LogP) is 1.62. The largest absolute Gasteiger partial charge is 0.370 e. The van der Waals surface area contributed by atoms with Crippen LogP contribution in [0.1, 0.15) is 49.1 Å². The van der Waals surface area contributed by atoms with Gasteiger partial charge in [0.05, 0.1) is 5.92 Å². The maximum Gasteiger partial charge on any atom is 0.242 e. The summed E-state index contributed by atoms with van der Waals surface area (Å²) in [4.78, 5) is 30.6. The Hall–Kier alpha value is -3.39. The molecule has 3 rings (SSSR count). The van der Waals surface area contributed by atoms with Gasteiger partial charge in [-0.05, 0) is 43.4 Å². The fourth-order valence-corrected chi connectivity index (χ4v) is 4.26. The third-order valence-electron chi connectivity index (χ3n) is 6.04. The van der Waals surface area contributed by atoms with Gasteiger partial charge in [-0.3, -0.25) is 14.6 Å². The first-order chi connectivity index (χ1) is 16.5. The number of rotatable bonds is 11. The van der Waals surface area contributed by atoms with Crippen molar-refractivity contribution in [3.8, 4) is 0 Å². The van der Waals surface area contributed by atoms with Gasteiger partial charge in [-0.1, -0.05) is 67.1 Å². The van der Waals surface area contributed by atoms with E-state index < -0.39 is 12.0 Å². The van der Waals surface area contributed by atoms with E-state index >= 15 is 0 Å². The van der Waals surface area contributed by atoms with Gasteiger partial charge in [0.15, 0.2) is 5.96 Å². The topological polar surface area (TPSA) is 135 Å². The first-order valence-electron chi connectivity index (χ1n) is 12.0. The van der Waals surface area contributed by atoms with Crippen molar-refractivity contribution in [3.05, 3.63) is 71.8 Å². The molecule has 0 saturated carbocycles. The average molecular weight is 465 g/mol. The molecule has 182 valence electrons. The third-order valence-corrected chi connectivity index (χ3v) is 6.04. The van der Waals surface area contributed by atoms with E-state index in [-0.39, 0.29) is 23.8 Å². The first kappa shape index (κ1) is 25.2. The molecule has 34 heavy (non-hydrogen) atoms. The SMILES string of the molecule is NC(N)=NCCC[C@@H](NC(=O)C(c1ccccc1)c1ccccc1)C(=O)NC[C@H]1CCCCN1. The number of carbonyl (C=O) groups excluding carboxylic acids is 2. The smallest absolute Gasteiger partial charge is 0.242 e. The fraction of sp³-hybridized carbons (Fsp3) is 0.423. The van der Waals surface area contributed by atoms with Gasteiger partial charge in [0.1, 0.15) is 6.04 Å². The van der Waals surface area contributed by atoms with Crippen molar-refractivity contribution in [2.75, 3.05) is 19.6 Å². The molecule has 2 aromatic rings. The standard InChI is InChI=1S/C26H36N6O2/c27-26(28)30-17-9-15-22(24(33)31-18-21-14-7-8-16-29-21)32-25(34)23(19-10-3-1-4-11-19)20-12-5-2-6-13-20/h1-6,10-13,21-23,29H,7-9,14-18H2,(H,31,33)(H,32,34)(H4,27,28,30)/t21-,22-/m1/s1. The lowest BCUT2D eigenvalue weighted by Gasteiger charge is -2.26. The summed E-state index contributed by atoms with van der Waals surface area (Å²) in [6.45, 7) is 1.90. The van der Waals surface area contributed by atoms with Gasteiger partial charge >= 0.3 is 0 Å². The van der Waals surface area contributed by atoms with Crippen LogP contribution >= 0.6 is 0 Å². The highest BCUT2D eigenvalue weighted by Gasteiger charge is 2.28. The Bertz CT molecular complexity index is 885. The van der Waals surface area contributed by atoms with E-state index in [9.17, 15) is 9.59 Å². The summed E-state index contributed by atoms with van der Waals surface area (Å²) < 4.78 is 0. The molecule has 2 amide bonds. The van der Waals surface area contributed by atoms with Crippen molar-refractivity contribution in [1.29, 1.82) is 0 Å². The molecule has 0 aliphatic carbocycles. The van der Waals surface area contributed by atoms with Crippen LogP contribution in [0.2, 0.25) is 0 Å². The normalized spacial score (nSPS) is 16.4. The van der Waals surface area contributed by atoms with E-state index in [1.54, 1.807) is 0 Å². The van der Waals surface area contributed by atoms with E-state index in [4.69, 9.17) is 11.5 Å². The molecule has 0 bridgehead atoms. The molecule has 1 aliphatic heterocycles. The minimum atomic E-state index is -0.680. The fourth-order valence-electron chi connectivity index (χ4n) is 4.26. The number of carbonyl (C=O) groups is 2. The summed E-state index contributed by atoms with van der Waals surface area (Å²) in [6, 6.07) is 18.8. The van der Waals surface area contributed by atoms with Gasteiger partial charge in [0.25, 0.3) is 0 Å². The van der Waals surface area contributed by atoms with Crippen LogP contribution in [-0.2, 0) is 9.59 Å². The highest BCUT2D eigenvalue weighted by Crippen LogP contribution is 2.25. The molecule has 0 unspecified atom stereocenters. The minimum Gasteiger partial charge on any atom is -0.370 e. The molecular weight excluding hydrogens is 428 g/mol. The molecule has 8 heteroatoms. The lowest BCUT2D eigenvalue weighted by atomic mass is 9.90. The number of nitrogens with zero attached hydrogens (tertiary/aromatic N) is 1. The highest BCUT2D eigenvalue weighted by atomic mass is 16.2. The molecule has 2 aromatic carbocycles. The van der Waals surface area contributed by atoms with Gasteiger partial charge in [0.2, 0.25) is 11.8 Å².